The normalized spacial score (nSPS) is 31.8. The van der Waals surface area contributed by atoms with Crippen molar-refractivity contribution in [3.8, 4) is 0 Å². The lowest BCUT2D eigenvalue weighted by atomic mass is 10.0. The molecule has 1 N–H and O–H groups in total. The number of hydrogen-bond donors (Lipinski definition) is 1. The molecule has 86 valence electrons. The van der Waals surface area contributed by atoms with Crippen LogP contribution in [0.4, 0.5) is 0 Å². The summed E-state index contributed by atoms with van der Waals surface area (Å²) >= 11 is 5.37. The Balaban J connectivity index is 2.03. The van der Waals surface area contributed by atoms with Crippen LogP contribution in [0.3, 0.4) is 0 Å². The molecular formula is C12H17N3S. The molecule has 0 aromatic carbocycles. The number of allylic oxidation sites excluding steroid dienone is 2. The second-order valence-corrected chi connectivity index (χ2v) is 5.65. The van der Waals surface area contributed by atoms with E-state index in [1.807, 2.05) is 0 Å². The summed E-state index contributed by atoms with van der Waals surface area (Å²) in [7, 11) is 0. The SMILES string of the molecule is CC(C)c1n[nH]c(=S)n1[C@H]1C[C@H]2C=C[C@@H]1C2. The Morgan fingerprint density at radius 3 is 2.81 bits per heavy atom. The lowest BCUT2D eigenvalue weighted by molar-refractivity contribution is 0.409. The molecule has 0 radical (unpaired) electrons. The van der Waals surface area contributed by atoms with Gasteiger partial charge in [0.2, 0.25) is 0 Å². The molecule has 1 aromatic heterocycles. The molecule has 2 aliphatic rings. The summed E-state index contributed by atoms with van der Waals surface area (Å²) in [5.41, 5.74) is 0. The van der Waals surface area contributed by atoms with E-state index >= 15 is 0 Å². The molecule has 3 rings (SSSR count). The molecule has 1 saturated carbocycles. The van der Waals surface area contributed by atoms with E-state index in [1.54, 1.807) is 0 Å². The first-order chi connectivity index (χ1) is 7.66. The molecule has 2 bridgehead atoms. The summed E-state index contributed by atoms with van der Waals surface area (Å²) in [6.07, 6.45) is 7.25. The number of nitrogens with one attached hydrogen (secondary N) is 1. The van der Waals surface area contributed by atoms with Crippen LogP contribution in [0.2, 0.25) is 0 Å². The number of H-pyrrole nitrogens is 1. The third kappa shape index (κ3) is 1.39. The molecule has 1 heterocycles. The first-order valence-electron chi connectivity index (χ1n) is 6.02. The van der Waals surface area contributed by atoms with Gasteiger partial charge in [-0.05, 0) is 36.9 Å². The van der Waals surface area contributed by atoms with Crippen LogP contribution in [0, 0.1) is 16.6 Å². The van der Waals surface area contributed by atoms with Gasteiger partial charge in [-0.25, -0.2) is 0 Å². The van der Waals surface area contributed by atoms with E-state index in [4.69, 9.17) is 12.2 Å². The van der Waals surface area contributed by atoms with Crippen LogP contribution in [-0.2, 0) is 0 Å². The van der Waals surface area contributed by atoms with Gasteiger partial charge >= 0.3 is 0 Å². The van der Waals surface area contributed by atoms with Crippen LogP contribution in [0.5, 0.6) is 0 Å². The number of rotatable bonds is 2. The van der Waals surface area contributed by atoms with Gasteiger partial charge < -0.3 is 4.57 Å². The molecular weight excluding hydrogens is 218 g/mol. The average Bonchev–Trinajstić information content (AvgIpc) is 2.90. The molecule has 1 fully saturated rings. The van der Waals surface area contributed by atoms with E-state index in [9.17, 15) is 0 Å². The highest BCUT2D eigenvalue weighted by molar-refractivity contribution is 7.71. The standard InChI is InChI=1S/C12H17N3S/c1-7(2)11-13-14-12(16)15(11)10-6-8-3-4-9(10)5-8/h3-4,7-10H,5-6H2,1-2H3,(H,14,16)/t8-,9+,10-/m0/s1. The second-order valence-electron chi connectivity index (χ2n) is 5.26. The zero-order valence-corrected chi connectivity index (χ0v) is 10.5. The maximum atomic E-state index is 5.37. The van der Waals surface area contributed by atoms with Crippen LogP contribution >= 0.6 is 12.2 Å². The number of hydrogen-bond acceptors (Lipinski definition) is 2. The Labute approximate surface area is 101 Å². The lowest BCUT2D eigenvalue weighted by Crippen LogP contribution is -2.17. The van der Waals surface area contributed by atoms with Gasteiger partial charge in [-0.1, -0.05) is 26.0 Å². The van der Waals surface area contributed by atoms with Crippen LogP contribution in [0.1, 0.15) is 44.5 Å². The molecule has 0 amide bonds. The molecule has 3 nitrogen and oxygen atoms in total. The van der Waals surface area contributed by atoms with Crippen LogP contribution in [0.25, 0.3) is 0 Å². The van der Waals surface area contributed by atoms with Gasteiger partial charge in [0, 0.05) is 12.0 Å². The van der Waals surface area contributed by atoms with Gasteiger partial charge in [-0.2, -0.15) is 5.10 Å². The summed E-state index contributed by atoms with van der Waals surface area (Å²) in [5, 5.41) is 7.31. The van der Waals surface area contributed by atoms with E-state index in [-0.39, 0.29) is 0 Å². The van der Waals surface area contributed by atoms with Crippen molar-refractivity contribution in [1.82, 2.24) is 14.8 Å². The minimum Gasteiger partial charge on any atom is -0.300 e. The second kappa shape index (κ2) is 3.55. The Kier molecular flexibility index (Phi) is 2.28. The smallest absolute Gasteiger partial charge is 0.195 e. The van der Waals surface area contributed by atoms with E-state index in [1.165, 1.54) is 12.8 Å². The lowest BCUT2D eigenvalue weighted by Gasteiger charge is -2.22. The zero-order valence-electron chi connectivity index (χ0n) is 9.68. The van der Waals surface area contributed by atoms with Gasteiger partial charge in [-0.3, -0.25) is 5.10 Å². The van der Waals surface area contributed by atoms with Crippen molar-refractivity contribution < 1.29 is 0 Å². The predicted molar refractivity (Wildman–Crippen MR) is 65.9 cm³/mol. The van der Waals surface area contributed by atoms with Gasteiger partial charge in [0.05, 0.1) is 0 Å². The van der Waals surface area contributed by atoms with Gasteiger partial charge in [0.15, 0.2) is 4.77 Å². The predicted octanol–water partition coefficient (Wildman–Crippen LogP) is 3.20. The van der Waals surface area contributed by atoms with E-state index < -0.39 is 0 Å². The first-order valence-corrected chi connectivity index (χ1v) is 6.42. The maximum Gasteiger partial charge on any atom is 0.195 e. The largest absolute Gasteiger partial charge is 0.300 e. The fourth-order valence-corrected chi connectivity index (χ4v) is 3.37. The Hall–Kier alpha value is -0.900. The quantitative estimate of drug-likeness (QED) is 0.631. The van der Waals surface area contributed by atoms with Crippen LogP contribution < -0.4 is 0 Å². The number of aromatic nitrogens is 3. The summed E-state index contributed by atoms with van der Waals surface area (Å²) in [6, 6.07) is 0.540. The molecule has 0 unspecified atom stereocenters. The highest BCUT2D eigenvalue weighted by atomic mass is 32.1. The fourth-order valence-electron chi connectivity index (χ4n) is 3.09. The molecule has 3 atom stereocenters. The highest BCUT2D eigenvalue weighted by Crippen LogP contribution is 2.46. The molecule has 4 heteroatoms. The minimum atomic E-state index is 0.427. The number of nitrogens with zero attached hydrogens (tertiary/aromatic N) is 2. The highest BCUT2D eigenvalue weighted by Gasteiger charge is 2.38. The molecule has 16 heavy (non-hydrogen) atoms. The van der Waals surface area contributed by atoms with Crippen LogP contribution in [-0.4, -0.2) is 14.8 Å². The third-order valence-electron chi connectivity index (χ3n) is 3.82. The summed E-state index contributed by atoms with van der Waals surface area (Å²) < 4.78 is 3.04. The van der Waals surface area contributed by atoms with Crippen molar-refractivity contribution in [2.75, 3.05) is 0 Å². The molecule has 0 spiro atoms. The Morgan fingerprint density at radius 1 is 1.44 bits per heavy atom. The van der Waals surface area contributed by atoms with Gasteiger partial charge in [0.25, 0.3) is 0 Å². The van der Waals surface area contributed by atoms with Crippen LogP contribution in [0.15, 0.2) is 12.2 Å². The van der Waals surface area contributed by atoms with Gasteiger partial charge in [0.1, 0.15) is 5.82 Å². The minimum absolute atomic E-state index is 0.427. The van der Waals surface area contributed by atoms with Crippen molar-refractivity contribution in [2.45, 2.75) is 38.6 Å². The molecule has 1 aromatic rings. The van der Waals surface area contributed by atoms with E-state index in [2.05, 4.69) is 40.8 Å². The van der Waals surface area contributed by atoms with Crippen molar-refractivity contribution in [3.63, 3.8) is 0 Å². The summed E-state index contributed by atoms with van der Waals surface area (Å²) in [5.74, 6) is 2.98. The van der Waals surface area contributed by atoms with E-state index in [0.29, 0.717) is 17.9 Å². The van der Waals surface area contributed by atoms with Gasteiger partial charge in [-0.15, -0.1) is 0 Å². The summed E-state index contributed by atoms with van der Waals surface area (Å²) in [6.45, 7) is 4.34. The number of fused-ring (bicyclic) bond motifs is 2. The molecule has 0 saturated heterocycles. The molecule has 2 aliphatic carbocycles. The average molecular weight is 235 g/mol. The third-order valence-corrected chi connectivity index (χ3v) is 4.11. The van der Waals surface area contributed by atoms with Crippen molar-refractivity contribution in [1.29, 1.82) is 0 Å². The maximum absolute atomic E-state index is 5.37. The van der Waals surface area contributed by atoms with Crippen molar-refractivity contribution in [3.05, 3.63) is 22.7 Å². The monoisotopic (exact) mass is 235 g/mol. The van der Waals surface area contributed by atoms with Crippen molar-refractivity contribution >= 4 is 12.2 Å². The van der Waals surface area contributed by atoms with Crippen molar-refractivity contribution in [2.24, 2.45) is 11.8 Å². The Bertz CT molecular complexity index is 483. The number of aromatic amines is 1. The van der Waals surface area contributed by atoms with E-state index in [0.717, 1.165) is 16.5 Å². The first kappa shape index (κ1) is 10.3. The fraction of sp³-hybridized carbons (Fsp3) is 0.667. The summed E-state index contributed by atoms with van der Waals surface area (Å²) in [4.78, 5) is 0. The Morgan fingerprint density at radius 2 is 2.25 bits per heavy atom. The topological polar surface area (TPSA) is 33.6 Å². The molecule has 0 aliphatic heterocycles. The zero-order chi connectivity index (χ0) is 11.3.